The molecular formula is C13H9Cl2N3OS. The molecule has 4 nitrogen and oxygen atoms in total. The Labute approximate surface area is 131 Å². The van der Waals surface area contributed by atoms with E-state index in [-0.39, 0.29) is 10.1 Å². The molecule has 0 spiro atoms. The summed E-state index contributed by atoms with van der Waals surface area (Å²) in [5.74, 6) is 0.125. The predicted molar refractivity (Wildman–Crippen MR) is 84.4 cm³/mol. The summed E-state index contributed by atoms with van der Waals surface area (Å²) in [4.78, 5) is 16.0. The number of thiocarbonyl (C=S) groups is 1. The van der Waals surface area contributed by atoms with E-state index in [0.717, 1.165) is 0 Å². The zero-order chi connectivity index (χ0) is 14.5. The standard InChI is InChI=1S/C13H9Cl2N3OS/c14-8-4-5-9(10(15)7-8)12(19)18-13(20)17-11-3-1-2-6-16-11/h1-7H,(H2,16,17,18,19,20). The highest BCUT2D eigenvalue weighted by Crippen LogP contribution is 2.20. The molecule has 0 aliphatic rings. The Morgan fingerprint density at radius 1 is 1.20 bits per heavy atom. The summed E-state index contributed by atoms with van der Waals surface area (Å²) >= 11 is 16.7. The lowest BCUT2D eigenvalue weighted by molar-refractivity contribution is 0.0978. The van der Waals surface area contributed by atoms with Crippen molar-refractivity contribution in [3.63, 3.8) is 0 Å². The van der Waals surface area contributed by atoms with Crippen LogP contribution in [0.1, 0.15) is 10.4 Å². The van der Waals surface area contributed by atoms with Gasteiger partial charge in [-0.3, -0.25) is 10.1 Å². The first kappa shape index (κ1) is 14.7. The summed E-state index contributed by atoms with van der Waals surface area (Å²) in [7, 11) is 0. The number of carbonyl (C=O) groups excluding carboxylic acids is 1. The zero-order valence-electron chi connectivity index (χ0n) is 10.1. The van der Waals surface area contributed by atoms with Gasteiger partial charge >= 0.3 is 0 Å². The number of pyridine rings is 1. The Hall–Kier alpha value is -1.69. The molecule has 0 unspecified atom stereocenters. The van der Waals surface area contributed by atoms with Crippen LogP contribution in [0.5, 0.6) is 0 Å². The van der Waals surface area contributed by atoms with Crippen LogP contribution in [0.4, 0.5) is 5.82 Å². The van der Waals surface area contributed by atoms with Crippen LogP contribution in [0, 0.1) is 0 Å². The summed E-state index contributed by atoms with van der Waals surface area (Å²) in [6, 6.07) is 9.91. The number of carbonyl (C=O) groups is 1. The molecule has 2 N–H and O–H groups in total. The first-order chi connectivity index (χ1) is 9.56. The summed E-state index contributed by atoms with van der Waals surface area (Å²) < 4.78 is 0. The largest absolute Gasteiger partial charge is 0.317 e. The van der Waals surface area contributed by atoms with Gasteiger partial charge in [0.1, 0.15) is 5.82 Å². The summed E-state index contributed by atoms with van der Waals surface area (Å²) in [6.45, 7) is 0. The van der Waals surface area contributed by atoms with Gasteiger partial charge in [-0.05, 0) is 42.5 Å². The van der Waals surface area contributed by atoms with Crippen molar-refractivity contribution in [2.75, 3.05) is 5.32 Å². The molecule has 0 atom stereocenters. The molecule has 0 radical (unpaired) electrons. The van der Waals surface area contributed by atoms with Gasteiger partial charge in [-0.1, -0.05) is 29.3 Å². The van der Waals surface area contributed by atoms with Crippen LogP contribution in [0.25, 0.3) is 0 Å². The number of benzene rings is 1. The van der Waals surface area contributed by atoms with Crippen LogP contribution in [0.3, 0.4) is 0 Å². The minimum absolute atomic E-state index is 0.139. The van der Waals surface area contributed by atoms with Crippen LogP contribution in [-0.4, -0.2) is 16.0 Å². The molecule has 2 rings (SSSR count). The SMILES string of the molecule is O=C(NC(=S)Nc1ccccn1)c1ccc(Cl)cc1Cl. The number of nitrogens with one attached hydrogen (secondary N) is 2. The minimum atomic E-state index is -0.417. The lowest BCUT2D eigenvalue weighted by Gasteiger charge is -2.09. The molecular weight excluding hydrogens is 317 g/mol. The quantitative estimate of drug-likeness (QED) is 0.829. The maximum Gasteiger partial charge on any atom is 0.258 e. The van der Waals surface area contributed by atoms with Crippen molar-refractivity contribution in [2.24, 2.45) is 0 Å². The first-order valence-corrected chi connectivity index (χ1v) is 6.71. The van der Waals surface area contributed by atoms with Crippen molar-refractivity contribution in [3.8, 4) is 0 Å². The van der Waals surface area contributed by atoms with Gasteiger partial charge in [0.15, 0.2) is 5.11 Å². The Morgan fingerprint density at radius 3 is 2.65 bits per heavy atom. The Bertz CT molecular complexity index is 649. The maximum atomic E-state index is 12.0. The maximum absolute atomic E-state index is 12.0. The van der Waals surface area contributed by atoms with E-state index in [0.29, 0.717) is 16.4 Å². The molecule has 1 aromatic heterocycles. The molecule has 1 aromatic carbocycles. The third-order valence-electron chi connectivity index (χ3n) is 2.31. The summed E-state index contributed by atoms with van der Waals surface area (Å²) in [6.07, 6.45) is 1.61. The number of halogens is 2. The second kappa shape index (κ2) is 6.65. The van der Waals surface area contributed by atoms with Gasteiger partial charge in [0, 0.05) is 11.2 Å². The van der Waals surface area contributed by atoms with Crippen LogP contribution in [0.15, 0.2) is 42.6 Å². The van der Waals surface area contributed by atoms with E-state index in [9.17, 15) is 4.79 Å². The summed E-state index contributed by atoms with van der Waals surface area (Å²) in [5, 5.41) is 6.17. The van der Waals surface area contributed by atoms with Gasteiger partial charge in [0.25, 0.3) is 5.91 Å². The fourth-order valence-corrected chi connectivity index (χ4v) is 2.12. The fourth-order valence-electron chi connectivity index (χ4n) is 1.43. The molecule has 0 saturated heterocycles. The molecule has 1 heterocycles. The monoisotopic (exact) mass is 325 g/mol. The Balaban J connectivity index is 2.02. The predicted octanol–water partition coefficient (Wildman–Crippen LogP) is 3.52. The van der Waals surface area contributed by atoms with E-state index < -0.39 is 5.91 Å². The highest BCUT2D eigenvalue weighted by Gasteiger charge is 2.12. The van der Waals surface area contributed by atoms with Gasteiger partial charge in [-0.2, -0.15) is 0 Å². The molecule has 7 heteroatoms. The van der Waals surface area contributed by atoms with E-state index in [1.165, 1.54) is 12.1 Å². The van der Waals surface area contributed by atoms with Gasteiger partial charge in [-0.25, -0.2) is 4.98 Å². The van der Waals surface area contributed by atoms with Crippen LogP contribution in [0.2, 0.25) is 10.0 Å². The number of amides is 1. The molecule has 20 heavy (non-hydrogen) atoms. The lowest BCUT2D eigenvalue weighted by Crippen LogP contribution is -2.34. The molecule has 0 bridgehead atoms. The van der Waals surface area contributed by atoms with E-state index in [2.05, 4.69) is 15.6 Å². The third-order valence-corrected chi connectivity index (χ3v) is 3.06. The van der Waals surface area contributed by atoms with Crippen LogP contribution in [-0.2, 0) is 0 Å². The number of anilines is 1. The molecule has 102 valence electrons. The van der Waals surface area contributed by atoms with Crippen LogP contribution >= 0.6 is 35.4 Å². The molecule has 0 aliphatic heterocycles. The van der Waals surface area contributed by atoms with E-state index in [1.54, 1.807) is 30.5 Å². The molecule has 2 aromatic rings. The van der Waals surface area contributed by atoms with Crippen molar-refractivity contribution < 1.29 is 4.79 Å². The third kappa shape index (κ3) is 3.90. The van der Waals surface area contributed by atoms with Crippen molar-refractivity contribution in [3.05, 3.63) is 58.2 Å². The van der Waals surface area contributed by atoms with E-state index in [4.69, 9.17) is 35.4 Å². The fraction of sp³-hybridized carbons (Fsp3) is 0. The van der Waals surface area contributed by atoms with Crippen molar-refractivity contribution in [1.82, 2.24) is 10.3 Å². The lowest BCUT2D eigenvalue weighted by atomic mass is 10.2. The molecule has 0 aliphatic carbocycles. The number of aromatic nitrogens is 1. The normalized spacial score (nSPS) is 9.90. The minimum Gasteiger partial charge on any atom is -0.317 e. The first-order valence-electron chi connectivity index (χ1n) is 5.54. The van der Waals surface area contributed by atoms with Crippen molar-refractivity contribution in [1.29, 1.82) is 0 Å². The molecule has 1 amide bonds. The topological polar surface area (TPSA) is 54.0 Å². The average molecular weight is 326 g/mol. The highest BCUT2D eigenvalue weighted by molar-refractivity contribution is 7.80. The van der Waals surface area contributed by atoms with Crippen LogP contribution < -0.4 is 10.6 Å². The molecule has 0 fully saturated rings. The Morgan fingerprint density at radius 2 is 2.00 bits per heavy atom. The number of rotatable bonds is 2. The van der Waals surface area contributed by atoms with Gasteiger partial charge in [0.2, 0.25) is 0 Å². The second-order valence-electron chi connectivity index (χ2n) is 3.75. The second-order valence-corrected chi connectivity index (χ2v) is 5.00. The van der Waals surface area contributed by atoms with Crippen molar-refractivity contribution >= 4 is 52.3 Å². The summed E-state index contributed by atoms with van der Waals surface area (Å²) in [5.41, 5.74) is 0.293. The highest BCUT2D eigenvalue weighted by atomic mass is 35.5. The van der Waals surface area contributed by atoms with Gasteiger partial charge in [-0.15, -0.1) is 0 Å². The number of hydrogen-bond donors (Lipinski definition) is 2. The van der Waals surface area contributed by atoms with Gasteiger partial charge in [0.05, 0.1) is 10.6 Å². The van der Waals surface area contributed by atoms with Gasteiger partial charge < -0.3 is 5.32 Å². The van der Waals surface area contributed by atoms with E-state index in [1.807, 2.05) is 0 Å². The number of hydrogen-bond acceptors (Lipinski definition) is 3. The average Bonchev–Trinajstić information content (AvgIpc) is 2.39. The van der Waals surface area contributed by atoms with Crippen molar-refractivity contribution in [2.45, 2.75) is 0 Å². The molecule has 0 saturated carbocycles. The number of nitrogens with zero attached hydrogens (tertiary/aromatic N) is 1. The zero-order valence-corrected chi connectivity index (χ0v) is 12.4. The van der Waals surface area contributed by atoms with E-state index >= 15 is 0 Å². The Kier molecular flexibility index (Phi) is 4.89. The smallest absolute Gasteiger partial charge is 0.258 e.